The zero-order chi connectivity index (χ0) is 13.2. The number of fused-ring (bicyclic) bond motifs is 1. The summed E-state index contributed by atoms with van der Waals surface area (Å²) in [5.74, 6) is 0.229. The summed E-state index contributed by atoms with van der Waals surface area (Å²) < 4.78 is 0. The Morgan fingerprint density at radius 2 is 2.15 bits per heavy atom. The first-order chi connectivity index (χ1) is 9.27. The van der Waals surface area contributed by atoms with Crippen LogP contribution in [0.5, 0.6) is 0 Å². The van der Waals surface area contributed by atoms with Gasteiger partial charge in [-0.3, -0.25) is 4.79 Å². The lowest BCUT2D eigenvalue weighted by Gasteiger charge is -2.34. The second-order valence-corrected chi connectivity index (χ2v) is 5.71. The molecule has 1 N–H and O–H groups in total. The molecule has 0 bridgehead atoms. The summed E-state index contributed by atoms with van der Waals surface area (Å²) in [6, 6.07) is 6.47. The molecule has 2 aliphatic heterocycles. The molecule has 0 aromatic heterocycles. The lowest BCUT2D eigenvalue weighted by atomic mass is 9.95. The van der Waals surface area contributed by atoms with Crippen LogP contribution in [0.25, 0.3) is 0 Å². The Morgan fingerprint density at radius 3 is 2.95 bits per heavy atom. The maximum Gasteiger partial charge on any atom is 0.254 e. The monoisotopic (exact) mass is 294 g/mol. The van der Waals surface area contributed by atoms with Crippen molar-refractivity contribution in [1.82, 2.24) is 4.90 Å². The van der Waals surface area contributed by atoms with Gasteiger partial charge >= 0.3 is 0 Å². The summed E-state index contributed by atoms with van der Waals surface area (Å²) in [5.41, 5.74) is 3.29. The van der Waals surface area contributed by atoms with Gasteiger partial charge in [-0.2, -0.15) is 0 Å². The SMILES string of the molecule is CC1CCCCN1C(=O)c1cccc2c1CCCN2.Cl. The predicted molar refractivity (Wildman–Crippen MR) is 84.9 cm³/mol. The Balaban J connectivity index is 0.00000147. The molecule has 1 aromatic carbocycles. The maximum atomic E-state index is 12.8. The summed E-state index contributed by atoms with van der Waals surface area (Å²) >= 11 is 0. The van der Waals surface area contributed by atoms with E-state index in [1.54, 1.807) is 0 Å². The third-order valence-electron chi connectivity index (χ3n) is 4.39. The lowest BCUT2D eigenvalue weighted by molar-refractivity contribution is 0.0634. The highest BCUT2D eigenvalue weighted by molar-refractivity contribution is 5.97. The second-order valence-electron chi connectivity index (χ2n) is 5.71. The van der Waals surface area contributed by atoms with Crippen molar-refractivity contribution >= 4 is 24.0 Å². The number of benzene rings is 1. The van der Waals surface area contributed by atoms with Crippen LogP contribution in [0.15, 0.2) is 18.2 Å². The van der Waals surface area contributed by atoms with Crippen LogP contribution in [-0.2, 0) is 6.42 Å². The first-order valence-corrected chi connectivity index (χ1v) is 7.44. The van der Waals surface area contributed by atoms with Gasteiger partial charge in [0.05, 0.1) is 0 Å². The van der Waals surface area contributed by atoms with Crippen molar-refractivity contribution in [3.05, 3.63) is 29.3 Å². The number of hydrogen-bond donors (Lipinski definition) is 1. The summed E-state index contributed by atoms with van der Waals surface area (Å²) in [7, 11) is 0. The molecule has 1 amide bonds. The van der Waals surface area contributed by atoms with Crippen molar-refractivity contribution in [3.63, 3.8) is 0 Å². The second kappa shape index (κ2) is 6.49. The fraction of sp³-hybridized carbons (Fsp3) is 0.562. The van der Waals surface area contributed by atoms with Gasteiger partial charge in [-0.05, 0) is 56.7 Å². The average molecular weight is 295 g/mol. The molecule has 0 spiro atoms. The number of halogens is 1. The molecule has 0 radical (unpaired) electrons. The molecular formula is C16H23ClN2O. The summed E-state index contributed by atoms with van der Waals surface area (Å²) in [6.45, 7) is 4.10. The molecule has 4 heteroatoms. The van der Waals surface area contributed by atoms with Crippen LogP contribution in [0, 0.1) is 0 Å². The molecule has 0 saturated carbocycles. The molecule has 1 saturated heterocycles. The zero-order valence-electron chi connectivity index (χ0n) is 12.0. The Bertz CT molecular complexity index is 489. The van der Waals surface area contributed by atoms with E-state index in [9.17, 15) is 4.79 Å². The first kappa shape index (κ1) is 15.2. The zero-order valence-corrected chi connectivity index (χ0v) is 12.8. The molecule has 3 rings (SSSR count). The van der Waals surface area contributed by atoms with Gasteiger partial charge in [-0.15, -0.1) is 12.4 Å². The van der Waals surface area contributed by atoms with Gasteiger partial charge in [0.2, 0.25) is 0 Å². The van der Waals surface area contributed by atoms with Crippen molar-refractivity contribution in [2.75, 3.05) is 18.4 Å². The summed E-state index contributed by atoms with van der Waals surface area (Å²) in [4.78, 5) is 14.8. The van der Waals surface area contributed by atoms with Crippen molar-refractivity contribution in [2.45, 2.75) is 45.1 Å². The van der Waals surface area contributed by atoms with E-state index < -0.39 is 0 Å². The molecule has 110 valence electrons. The van der Waals surface area contributed by atoms with Crippen LogP contribution in [-0.4, -0.2) is 29.9 Å². The number of nitrogens with zero attached hydrogens (tertiary/aromatic N) is 1. The topological polar surface area (TPSA) is 32.3 Å². The Hall–Kier alpha value is -1.22. The van der Waals surface area contributed by atoms with Crippen molar-refractivity contribution < 1.29 is 4.79 Å². The molecule has 2 heterocycles. The number of nitrogens with one attached hydrogen (secondary N) is 1. The third kappa shape index (κ3) is 2.78. The van der Waals surface area contributed by atoms with Gasteiger partial charge in [0, 0.05) is 30.4 Å². The maximum absolute atomic E-state index is 12.8. The van der Waals surface area contributed by atoms with Gasteiger partial charge in [-0.1, -0.05) is 6.07 Å². The van der Waals surface area contributed by atoms with Gasteiger partial charge in [-0.25, -0.2) is 0 Å². The van der Waals surface area contributed by atoms with E-state index in [-0.39, 0.29) is 18.3 Å². The first-order valence-electron chi connectivity index (χ1n) is 7.44. The fourth-order valence-electron chi connectivity index (χ4n) is 3.26. The molecule has 1 fully saturated rings. The van der Waals surface area contributed by atoms with E-state index in [4.69, 9.17) is 0 Å². The van der Waals surface area contributed by atoms with Crippen molar-refractivity contribution in [3.8, 4) is 0 Å². The summed E-state index contributed by atoms with van der Waals surface area (Å²) in [6.07, 6.45) is 5.67. The van der Waals surface area contributed by atoms with Crippen LogP contribution in [0.2, 0.25) is 0 Å². The summed E-state index contributed by atoms with van der Waals surface area (Å²) in [5, 5.41) is 3.40. The molecule has 3 nitrogen and oxygen atoms in total. The number of likely N-dealkylation sites (tertiary alicyclic amines) is 1. The van der Waals surface area contributed by atoms with Crippen molar-refractivity contribution in [2.24, 2.45) is 0 Å². The van der Waals surface area contributed by atoms with E-state index in [1.165, 1.54) is 12.0 Å². The molecule has 1 aromatic rings. The minimum atomic E-state index is 0. The number of carbonyl (C=O) groups excluding carboxylic acids is 1. The number of amides is 1. The van der Waals surface area contributed by atoms with Crippen LogP contribution >= 0.6 is 12.4 Å². The van der Waals surface area contributed by atoms with E-state index in [1.807, 2.05) is 12.1 Å². The number of piperidine rings is 1. The molecule has 20 heavy (non-hydrogen) atoms. The molecule has 2 aliphatic rings. The predicted octanol–water partition coefficient (Wildman–Crippen LogP) is 3.48. The van der Waals surface area contributed by atoms with Crippen LogP contribution in [0.3, 0.4) is 0 Å². The Labute approximate surface area is 127 Å². The normalized spacial score (nSPS) is 21.4. The van der Waals surface area contributed by atoms with E-state index in [2.05, 4.69) is 23.2 Å². The molecule has 0 aliphatic carbocycles. The number of hydrogen-bond acceptors (Lipinski definition) is 2. The van der Waals surface area contributed by atoms with Crippen LogP contribution < -0.4 is 5.32 Å². The van der Waals surface area contributed by atoms with Gasteiger partial charge in [0.15, 0.2) is 0 Å². The number of anilines is 1. The highest BCUT2D eigenvalue weighted by Gasteiger charge is 2.26. The van der Waals surface area contributed by atoms with Crippen molar-refractivity contribution in [1.29, 1.82) is 0 Å². The highest BCUT2D eigenvalue weighted by Crippen LogP contribution is 2.28. The lowest BCUT2D eigenvalue weighted by Crippen LogP contribution is -2.42. The average Bonchev–Trinajstić information content (AvgIpc) is 2.46. The fourth-order valence-corrected chi connectivity index (χ4v) is 3.26. The highest BCUT2D eigenvalue weighted by atomic mass is 35.5. The third-order valence-corrected chi connectivity index (χ3v) is 4.39. The molecule has 1 unspecified atom stereocenters. The van der Waals surface area contributed by atoms with Crippen LogP contribution in [0.1, 0.15) is 48.5 Å². The minimum absolute atomic E-state index is 0. The number of rotatable bonds is 1. The van der Waals surface area contributed by atoms with E-state index >= 15 is 0 Å². The number of carbonyl (C=O) groups is 1. The van der Waals surface area contributed by atoms with Gasteiger partial charge < -0.3 is 10.2 Å². The Kier molecular flexibility index (Phi) is 4.92. The van der Waals surface area contributed by atoms with E-state index in [0.717, 1.165) is 50.0 Å². The molecule has 1 atom stereocenters. The Morgan fingerprint density at radius 1 is 1.30 bits per heavy atom. The van der Waals surface area contributed by atoms with Gasteiger partial charge in [0.1, 0.15) is 0 Å². The quantitative estimate of drug-likeness (QED) is 0.860. The minimum Gasteiger partial charge on any atom is -0.385 e. The van der Waals surface area contributed by atoms with E-state index in [0.29, 0.717) is 6.04 Å². The molecular weight excluding hydrogens is 272 g/mol. The van der Waals surface area contributed by atoms with Crippen LogP contribution in [0.4, 0.5) is 5.69 Å². The smallest absolute Gasteiger partial charge is 0.254 e. The van der Waals surface area contributed by atoms with Gasteiger partial charge in [0.25, 0.3) is 5.91 Å². The largest absolute Gasteiger partial charge is 0.385 e. The standard InChI is InChI=1S/C16H22N2O.ClH/c1-12-6-2-3-11-18(12)16(19)14-7-4-9-15-13(14)8-5-10-17-15;/h4,7,9,12,17H,2-3,5-6,8,10-11H2,1H3;1H.